The Morgan fingerprint density at radius 1 is 1.44 bits per heavy atom. The smallest absolute Gasteiger partial charge is 0.147 e. The lowest BCUT2D eigenvalue weighted by molar-refractivity contribution is 0.418. The Bertz CT molecular complexity index is 446. The average Bonchev–Trinajstić information content (AvgIpc) is 2.58. The van der Waals surface area contributed by atoms with Crippen LogP contribution in [0.4, 0.5) is 10.1 Å². The van der Waals surface area contributed by atoms with E-state index >= 15 is 0 Å². The number of anilines is 1. The van der Waals surface area contributed by atoms with E-state index in [9.17, 15) is 4.39 Å². The minimum Gasteiger partial charge on any atom is -0.369 e. The summed E-state index contributed by atoms with van der Waals surface area (Å²) in [6.45, 7) is 6.13. The molecule has 2 nitrogen and oxygen atoms in total. The highest BCUT2D eigenvalue weighted by Gasteiger charge is 2.30. The van der Waals surface area contributed by atoms with E-state index in [1.54, 1.807) is 12.1 Å². The summed E-state index contributed by atoms with van der Waals surface area (Å²) in [6.07, 6.45) is 1.08. The van der Waals surface area contributed by atoms with Gasteiger partial charge in [-0.25, -0.2) is 4.39 Å². The van der Waals surface area contributed by atoms with E-state index in [4.69, 9.17) is 5.26 Å². The van der Waals surface area contributed by atoms with E-state index in [2.05, 4.69) is 18.7 Å². The molecular weight excluding hydrogens is 203 g/mol. The molecule has 16 heavy (non-hydrogen) atoms. The Balaban J connectivity index is 2.26. The summed E-state index contributed by atoms with van der Waals surface area (Å²) in [5, 5.41) is 8.67. The third-order valence-corrected chi connectivity index (χ3v) is 3.09. The van der Waals surface area contributed by atoms with Crippen LogP contribution in [-0.4, -0.2) is 13.1 Å². The van der Waals surface area contributed by atoms with Crippen LogP contribution in [0, 0.1) is 22.6 Å². The van der Waals surface area contributed by atoms with Crippen LogP contribution in [0.5, 0.6) is 0 Å². The van der Waals surface area contributed by atoms with Gasteiger partial charge in [0.2, 0.25) is 0 Å². The summed E-state index contributed by atoms with van der Waals surface area (Å²) >= 11 is 0. The van der Waals surface area contributed by atoms with Crippen molar-refractivity contribution in [1.82, 2.24) is 0 Å². The summed E-state index contributed by atoms with van der Waals surface area (Å²) in [5.74, 6) is -0.295. The lowest BCUT2D eigenvalue weighted by Gasteiger charge is -2.22. The Hall–Kier alpha value is -1.56. The molecule has 0 radical (unpaired) electrons. The van der Waals surface area contributed by atoms with Crippen LogP contribution < -0.4 is 4.90 Å². The average molecular weight is 218 g/mol. The number of hydrogen-bond acceptors (Lipinski definition) is 2. The van der Waals surface area contributed by atoms with Crippen LogP contribution in [0.25, 0.3) is 0 Å². The lowest BCUT2D eigenvalue weighted by Crippen LogP contribution is -2.23. The minimum absolute atomic E-state index is 0.250. The fourth-order valence-corrected chi connectivity index (χ4v) is 2.15. The standard InChI is InChI=1S/C13H15FN2/c1-13(2)5-6-16(9-13)12-4-3-10(8-15)7-11(12)14/h3-4,7H,5-6,9H2,1-2H3. The molecule has 1 aromatic rings. The molecule has 3 heteroatoms. The summed E-state index contributed by atoms with van der Waals surface area (Å²) in [5.41, 5.74) is 1.24. The van der Waals surface area contributed by atoms with Gasteiger partial charge in [0.1, 0.15) is 5.82 Å². The molecule has 1 heterocycles. The summed E-state index contributed by atoms with van der Waals surface area (Å²) in [6, 6.07) is 6.62. The molecule has 0 saturated carbocycles. The third-order valence-electron chi connectivity index (χ3n) is 3.09. The monoisotopic (exact) mass is 218 g/mol. The quantitative estimate of drug-likeness (QED) is 0.724. The first-order valence-electron chi connectivity index (χ1n) is 5.46. The lowest BCUT2D eigenvalue weighted by atomic mass is 9.93. The van der Waals surface area contributed by atoms with Crippen molar-refractivity contribution < 1.29 is 4.39 Å². The fraction of sp³-hybridized carbons (Fsp3) is 0.462. The molecule has 1 aliphatic heterocycles. The van der Waals surface area contributed by atoms with Crippen LogP contribution in [0.1, 0.15) is 25.8 Å². The van der Waals surface area contributed by atoms with Crippen LogP contribution in [-0.2, 0) is 0 Å². The zero-order chi connectivity index (χ0) is 11.8. The van der Waals surface area contributed by atoms with Crippen molar-refractivity contribution in [1.29, 1.82) is 5.26 Å². The van der Waals surface area contributed by atoms with Crippen molar-refractivity contribution in [3.8, 4) is 6.07 Å². The van der Waals surface area contributed by atoms with Crippen molar-refractivity contribution in [2.45, 2.75) is 20.3 Å². The first-order chi connectivity index (χ1) is 7.52. The van der Waals surface area contributed by atoms with Crippen molar-refractivity contribution in [2.75, 3.05) is 18.0 Å². The van der Waals surface area contributed by atoms with Gasteiger partial charge >= 0.3 is 0 Å². The Morgan fingerprint density at radius 3 is 2.69 bits per heavy atom. The van der Waals surface area contributed by atoms with Gasteiger partial charge in [0.25, 0.3) is 0 Å². The van der Waals surface area contributed by atoms with E-state index in [1.165, 1.54) is 6.07 Å². The minimum atomic E-state index is -0.295. The van der Waals surface area contributed by atoms with Gasteiger partial charge < -0.3 is 4.90 Å². The van der Waals surface area contributed by atoms with E-state index < -0.39 is 0 Å². The molecule has 1 aliphatic rings. The van der Waals surface area contributed by atoms with Crippen LogP contribution in [0.3, 0.4) is 0 Å². The van der Waals surface area contributed by atoms with Gasteiger partial charge in [-0.05, 0) is 30.0 Å². The van der Waals surface area contributed by atoms with Gasteiger partial charge in [-0.15, -0.1) is 0 Å². The topological polar surface area (TPSA) is 27.0 Å². The number of nitriles is 1. The molecule has 1 fully saturated rings. The fourth-order valence-electron chi connectivity index (χ4n) is 2.15. The molecule has 0 atom stereocenters. The molecule has 1 aromatic carbocycles. The van der Waals surface area contributed by atoms with Gasteiger partial charge in [-0.3, -0.25) is 0 Å². The molecule has 0 spiro atoms. The van der Waals surface area contributed by atoms with Crippen molar-refractivity contribution >= 4 is 5.69 Å². The predicted molar refractivity (Wildman–Crippen MR) is 61.7 cm³/mol. The highest BCUT2D eigenvalue weighted by atomic mass is 19.1. The molecule has 0 aliphatic carbocycles. The van der Waals surface area contributed by atoms with E-state index in [0.717, 1.165) is 19.5 Å². The maximum atomic E-state index is 13.7. The second-order valence-electron chi connectivity index (χ2n) is 5.11. The normalized spacial score (nSPS) is 18.5. The van der Waals surface area contributed by atoms with E-state index in [-0.39, 0.29) is 11.2 Å². The molecule has 0 aromatic heterocycles. The Kier molecular flexibility index (Phi) is 2.59. The van der Waals surface area contributed by atoms with Gasteiger partial charge in [-0.2, -0.15) is 5.26 Å². The van der Waals surface area contributed by atoms with Gasteiger partial charge in [-0.1, -0.05) is 13.8 Å². The molecule has 0 amide bonds. The second kappa shape index (κ2) is 3.79. The summed E-state index contributed by atoms with van der Waals surface area (Å²) in [4.78, 5) is 2.05. The molecular formula is C13H15FN2. The SMILES string of the molecule is CC1(C)CCN(c2ccc(C#N)cc2F)C1. The van der Waals surface area contributed by atoms with Gasteiger partial charge in [0.05, 0.1) is 17.3 Å². The van der Waals surface area contributed by atoms with Crippen molar-refractivity contribution in [2.24, 2.45) is 5.41 Å². The van der Waals surface area contributed by atoms with Gasteiger partial charge in [0, 0.05) is 13.1 Å². The first-order valence-corrected chi connectivity index (χ1v) is 5.46. The Morgan fingerprint density at radius 2 is 2.19 bits per heavy atom. The largest absolute Gasteiger partial charge is 0.369 e. The van der Waals surface area contributed by atoms with Crippen LogP contribution in [0.2, 0.25) is 0 Å². The number of halogens is 1. The van der Waals surface area contributed by atoms with Gasteiger partial charge in [0.15, 0.2) is 0 Å². The molecule has 0 unspecified atom stereocenters. The second-order valence-corrected chi connectivity index (χ2v) is 5.11. The Labute approximate surface area is 95.3 Å². The number of rotatable bonds is 1. The number of hydrogen-bond donors (Lipinski definition) is 0. The molecule has 0 N–H and O–H groups in total. The van der Waals surface area contributed by atoms with Crippen molar-refractivity contribution in [3.05, 3.63) is 29.6 Å². The van der Waals surface area contributed by atoms with E-state index in [0.29, 0.717) is 11.3 Å². The number of benzene rings is 1. The van der Waals surface area contributed by atoms with Crippen LogP contribution in [0.15, 0.2) is 18.2 Å². The molecule has 1 saturated heterocycles. The highest BCUT2D eigenvalue weighted by molar-refractivity contribution is 5.52. The van der Waals surface area contributed by atoms with E-state index in [1.807, 2.05) is 6.07 Å². The zero-order valence-corrected chi connectivity index (χ0v) is 9.63. The molecule has 2 rings (SSSR count). The van der Waals surface area contributed by atoms with Crippen LogP contribution >= 0.6 is 0 Å². The predicted octanol–water partition coefficient (Wildman–Crippen LogP) is 2.93. The zero-order valence-electron chi connectivity index (χ0n) is 9.63. The third kappa shape index (κ3) is 2.01. The molecule has 84 valence electrons. The maximum absolute atomic E-state index is 13.7. The number of nitrogens with zero attached hydrogens (tertiary/aromatic N) is 2. The maximum Gasteiger partial charge on any atom is 0.147 e. The summed E-state index contributed by atoms with van der Waals surface area (Å²) < 4.78 is 13.7. The van der Waals surface area contributed by atoms with Crippen molar-refractivity contribution in [3.63, 3.8) is 0 Å². The molecule has 0 bridgehead atoms. The highest BCUT2D eigenvalue weighted by Crippen LogP contribution is 2.33. The first kappa shape index (κ1) is 10.9. The summed E-state index contributed by atoms with van der Waals surface area (Å²) in [7, 11) is 0.